The molecule has 1 aromatic rings. The molecule has 0 aliphatic rings. The summed E-state index contributed by atoms with van der Waals surface area (Å²) in [6, 6.07) is 5.42. The molecule has 70 valence electrons. The number of nitrogens with two attached hydrogens (primary N) is 1. The molecule has 2 nitrogen and oxygen atoms in total. The van der Waals surface area contributed by atoms with E-state index >= 15 is 0 Å². The highest BCUT2D eigenvalue weighted by atomic mass is 19.1. The predicted octanol–water partition coefficient (Wildman–Crippen LogP) is 1.19. The first kappa shape index (κ1) is 9.64. The summed E-state index contributed by atoms with van der Waals surface area (Å²) < 4.78 is 25.3. The highest BCUT2D eigenvalue weighted by Crippen LogP contribution is 2.07. The van der Waals surface area contributed by atoms with Gasteiger partial charge in [0.25, 0.3) is 5.91 Å². The molecular formula is C9H9F2NO. The summed E-state index contributed by atoms with van der Waals surface area (Å²) in [5.41, 5.74) is 5.14. The first-order chi connectivity index (χ1) is 6.09. The van der Waals surface area contributed by atoms with Gasteiger partial charge < -0.3 is 5.73 Å². The Hall–Kier alpha value is -1.45. The molecule has 0 bridgehead atoms. The van der Waals surface area contributed by atoms with Crippen molar-refractivity contribution in [3.8, 4) is 0 Å². The fourth-order valence-corrected chi connectivity index (χ4v) is 0.971. The highest BCUT2D eigenvalue weighted by molar-refractivity contribution is 5.78. The summed E-state index contributed by atoms with van der Waals surface area (Å²) in [4.78, 5) is 10.3. The highest BCUT2D eigenvalue weighted by Gasteiger charge is 2.13. The second kappa shape index (κ2) is 3.98. The third-order valence-electron chi connectivity index (χ3n) is 1.61. The monoisotopic (exact) mass is 185 g/mol. The van der Waals surface area contributed by atoms with E-state index in [1.54, 1.807) is 6.07 Å². The molecule has 0 spiro atoms. The minimum absolute atomic E-state index is 0.174. The van der Waals surface area contributed by atoms with Gasteiger partial charge in [0, 0.05) is 6.42 Å². The van der Waals surface area contributed by atoms with Crippen molar-refractivity contribution in [2.45, 2.75) is 12.6 Å². The average Bonchev–Trinajstić information content (AvgIpc) is 2.04. The van der Waals surface area contributed by atoms with E-state index in [2.05, 4.69) is 0 Å². The largest absolute Gasteiger partial charge is 0.367 e. The molecule has 1 aromatic carbocycles. The normalized spacial score (nSPS) is 12.5. The van der Waals surface area contributed by atoms with Crippen LogP contribution in [0.2, 0.25) is 0 Å². The quantitative estimate of drug-likeness (QED) is 0.755. The fourth-order valence-electron chi connectivity index (χ4n) is 0.971. The van der Waals surface area contributed by atoms with Crippen molar-refractivity contribution in [2.75, 3.05) is 0 Å². The summed E-state index contributed by atoms with van der Waals surface area (Å²) in [5, 5.41) is 0. The fraction of sp³-hybridized carbons (Fsp3) is 0.222. The first-order valence-corrected chi connectivity index (χ1v) is 3.77. The zero-order valence-corrected chi connectivity index (χ0v) is 6.84. The molecule has 0 aromatic heterocycles. The zero-order valence-electron chi connectivity index (χ0n) is 6.84. The third-order valence-corrected chi connectivity index (χ3v) is 1.61. The van der Waals surface area contributed by atoms with Gasteiger partial charge in [0.15, 0.2) is 6.17 Å². The summed E-state index contributed by atoms with van der Waals surface area (Å²) in [6.07, 6.45) is -1.92. The van der Waals surface area contributed by atoms with Crippen LogP contribution >= 0.6 is 0 Å². The van der Waals surface area contributed by atoms with E-state index in [0.29, 0.717) is 5.56 Å². The summed E-state index contributed by atoms with van der Waals surface area (Å²) in [5.74, 6) is -1.47. The standard InChI is InChI=1S/C9H9F2NO/c10-7-3-1-2-6(4-7)5-8(11)9(12)13/h1-4,8H,5H2,(H2,12,13). The van der Waals surface area contributed by atoms with Crippen LogP contribution in [0.25, 0.3) is 0 Å². The molecule has 13 heavy (non-hydrogen) atoms. The molecule has 0 heterocycles. The Bertz CT molecular complexity index is 314. The second-order valence-electron chi connectivity index (χ2n) is 2.70. The van der Waals surface area contributed by atoms with Crippen molar-refractivity contribution in [3.05, 3.63) is 35.6 Å². The Labute approximate surface area is 74.4 Å². The van der Waals surface area contributed by atoms with Crippen molar-refractivity contribution in [3.63, 3.8) is 0 Å². The molecule has 0 aliphatic carbocycles. The van der Waals surface area contributed by atoms with Crippen LogP contribution in [0.15, 0.2) is 24.3 Å². The summed E-state index contributed by atoms with van der Waals surface area (Å²) >= 11 is 0. The molecule has 0 radical (unpaired) electrons. The number of primary amides is 1. The molecule has 1 atom stereocenters. The number of hydrogen-bond acceptors (Lipinski definition) is 1. The Morgan fingerprint density at radius 1 is 1.54 bits per heavy atom. The van der Waals surface area contributed by atoms with E-state index in [-0.39, 0.29) is 6.42 Å². The van der Waals surface area contributed by atoms with E-state index in [1.165, 1.54) is 18.2 Å². The number of rotatable bonds is 3. The van der Waals surface area contributed by atoms with Gasteiger partial charge in [-0.3, -0.25) is 4.79 Å². The van der Waals surface area contributed by atoms with E-state index in [1.807, 2.05) is 0 Å². The van der Waals surface area contributed by atoms with Crippen molar-refractivity contribution >= 4 is 5.91 Å². The van der Waals surface area contributed by atoms with Crippen LogP contribution in [-0.2, 0) is 11.2 Å². The molecule has 1 amide bonds. The van der Waals surface area contributed by atoms with Crippen LogP contribution in [0.4, 0.5) is 8.78 Å². The molecule has 1 rings (SSSR count). The Morgan fingerprint density at radius 2 is 2.23 bits per heavy atom. The lowest BCUT2D eigenvalue weighted by Gasteiger charge is -2.03. The van der Waals surface area contributed by atoms with Gasteiger partial charge in [-0.25, -0.2) is 8.78 Å². The van der Waals surface area contributed by atoms with Crippen LogP contribution in [0.5, 0.6) is 0 Å². The first-order valence-electron chi connectivity index (χ1n) is 3.77. The maximum absolute atomic E-state index is 12.7. The Morgan fingerprint density at radius 3 is 2.77 bits per heavy atom. The van der Waals surface area contributed by atoms with Gasteiger partial charge in [-0.2, -0.15) is 0 Å². The third kappa shape index (κ3) is 2.82. The minimum Gasteiger partial charge on any atom is -0.367 e. The molecule has 0 fully saturated rings. The molecular weight excluding hydrogens is 176 g/mol. The molecule has 1 unspecified atom stereocenters. The van der Waals surface area contributed by atoms with Crippen LogP contribution in [-0.4, -0.2) is 12.1 Å². The molecule has 0 aliphatic heterocycles. The lowest BCUT2D eigenvalue weighted by molar-refractivity contribution is -0.122. The number of halogens is 2. The van der Waals surface area contributed by atoms with E-state index in [0.717, 1.165) is 0 Å². The second-order valence-corrected chi connectivity index (χ2v) is 2.70. The van der Waals surface area contributed by atoms with Gasteiger partial charge in [0.1, 0.15) is 5.82 Å². The van der Waals surface area contributed by atoms with Crippen LogP contribution in [0.3, 0.4) is 0 Å². The van der Waals surface area contributed by atoms with Gasteiger partial charge in [-0.15, -0.1) is 0 Å². The van der Waals surface area contributed by atoms with Gasteiger partial charge in [0.05, 0.1) is 0 Å². The number of benzene rings is 1. The van der Waals surface area contributed by atoms with E-state index in [9.17, 15) is 13.6 Å². The maximum Gasteiger partial charge on any atom is 0.252 e. The minimum atomic E-state index is -1.75. The average molecular weight is 185 g/mol. The predicted molar refractivity (Wildman–Crippen MR) is 44.2 cm³/mol. The van der Waals surface area contributed by atoms with Crippen molar-refractivity contribution in [2.24, 2.45) is 5.73 Å². The van der Waals surface area contributed by atoms with Crippen LogP contribution in [0, 0.1) is 5.82 Å². The van der Waals surface area contributed by atoms with Gasteiger partial charge in [-0.05, 0) is 17.7 Å². The van der Waals surface area contributed by atoms with Crippen molar-refractivity contribution < 1.29 is 13.6 Å². The molecule has 0 saturated heterocycles. The lowest BCUT2D eigenvalue weighted by Crippen LogP contribution is -2.26. The molecule has 4 heteroatoms. The summed E-state index contributed by atoms with van der Waals surface area (Å²) in [7, 11) is 0. The van der Waals surface area contributed by atoms with E-state index < -0.39 is 17.9 Å². The smallest absolute Gasteiger partial charge is 0.252 e. The van der Waals surface area contributed by atoms with Crippen LogP contribution < -0.4 is 5.73 Å². The van der Waals surface area contributed by atoms with Crippen molar-refractivity contribution in [1.82, 2.24) is 0 Å². The topological polar surface area (TPSA) is 43.1 Å². The van der Waals surface area contributed by atoms with Gasteiger partial charge in [-0.1, -0.05) is 12.1 Å². The Balaban J connectivity index is 2.69. The van der Waals surface area contributed by atoms with Crippen LogP contribution in [0.1, 0.15) is 5.56 Å². The number of carbonyl (C=O) groups is 1. The maximum atomic E-state index is 12.7. The van der Waals surface area contributed by atoms with E-state index in [4.69, 9.17) is 5.73 Å². The SMILES string of the molecule is NC(=O)C(F)Cc1cccc(F)c1. The molecule has 2 N–H and O–H groups in total. The number of hydrogen-bond donors (Lipinski definition) is 1. The lowest BCUT2D eigenvalue weighted by atomic mass is 10.1. The number of alkyl halides is 1. The Kier molecular flexibility index (Phi) is 2.95. The van der Waals surface area contributed by atoms with Gasteiger partial charge >= 0.3 is 0 Å². The van der Waals surface area contributed by atoms with Gasteiger partial charge in [0.2, 0.25) is 0 Å². The summed E-state index contributed by atoms with van der Waals surface area (Å²) in [6.45, 7) is 0. The molecule has 0 saturated carbocycles. The number of carbonyl (C=O) groups excluding carboxylic acids is 1. The zero-order chi connectivity index (χ0) is 9.84. The van der Waals surface area contributed by atoms with Crippen molar-refractivity contribution in [1.29, 1.82) is 0 Å². The number of amides is 1.